The molecule has 2 rings (SSSR count). The first-order chi connectivity index (χ1) is 9.22. The summed E-state index contributed by atoms with van der Waals surface area (Å²) in [4.78, 5) is 8.02. The molecule has 100 valence electrons. The number of hydrogen-bond acceptors (Lipinski definition) is 6. The fraction of sp³-hybridized carbons (Fsp3) is 0.231. The Morgan fingerprint density at radius 1 is 1.21 bits per heavy atom. The molecule has 0 aliphatic carbocycles. The lowest BCUT2D eigenvalue weighted by atomic mass is 10.2. The molecule has 6 nitrogen and oxygen atoms in total. The molecule has 0 saturated carbocycles. The molecule has 19 heavy (non-hydrogen) atoms. The van der Waals surface area contributed by atoms with Gasteiger partial charge in [-0.2, -0.15) is 0 Å². The fourth-order valence-electron chi connectivity index (χ4n) is 1.52. The van der Waals surface area contributed by atoms with E-state index >= 15 is 0 Å². The van der Waals surface area contributed by atoms with E-state index in [4.69, 9.17) is 20.3 Å². The van der Waals surface area contributed by atoms with Gasteiger partial charge in [0.1, 0.15) is 12.4 Å². The van der Waals surface area contributed by atoms with E-state index in [9.17, 15) is 0 Å². The third-order valence-corrected chi connectivity index (χ3v) is 2.51. The van der Waals surface area contributed by atoms with E-state index in [1.165, 1.54) is 6.20 Å². The number of aliphatic hydroxyl groups excluding tert-OH is 1. The highest BCUT2D eigenvalue weighted by atomic mass is 16.5. The third-order valence-electron chi connectivity index (χ3n) is 2.51. The summed E-state index contributed by atoms with van der Waals surface area (Å²) in [6, 6.07) is 5.24. The number of aliphatic hydroxyl groups is 1. The lowest BCUT2D eigenvalue weighted by Crippen LogP contribution is -2.02. The summed E-state index contributed by atoms with van der Waals surface area (Å²) in [6.07, 6.45) is 3.04. The lowest BCUT2D eigenvalue weighted by molar-refractivity contribution is 0.272. The number of benzene rings is 1. The maximum absolute atomic E-state index is 9.06. The summed E-state index contributed by atoms with van der Waals surface area (Å²) >= 11 is 0. The first-order valence-electron chi connectivity index (χ1n) is 5.70. The fourth-order valence-corrected chi connectivity index (χ4v) is 1.52. The van der Waals surface area contributed by atoms with Crippen molar-refractivity contribution in [3.8, 4) is 11.5 Å². The Labute approximate surface area is 110 Å². The summed E-state index contributed by atoms with van der Waals surface area (Å²) in [5.41, 5.74) is 6.88. The molecule has 0 aliphatic heterocycles. The normalized spacial score (nSPS) is 10.2. The maximum Gasteiger partial charge on any atom is 0.161 e. The molecule has 0 saturated heterocycles. The van der Waals surface area contributed by atoms with Crippen LogP contribution in [0.15, 0.2) is 30.6 Å². The number of nitrogen functional groups attached to an aromatic ring is 1. The Balaban J connectivity index is 2.08. The zero-order chi connectivity index (χ0) is 13.7. The molecule has 6 heteroatoms. The third kappa shape index (κ3) is 3.32. The van der Waals surface area contributed by atoms with Gasteiger partial charge in [-0.3, -0.25) is 4.98 Å². The Morgan fingerprint density at radius 3 is 2.68 bits per heavy atom. The van der Waals surface area contributed by atoms with Gasteiger partial charge in [-0.25, -0.2) is 4.98 Å². The zero-order valence-electron chi connectivity index (χ0n) is 10.5. The highest BCUT2D eigenvalue weighted by Gasteiger charge is 2.06. The number of nitrogens with zero attached hydrogens (tertiary/aromatic N) is 2. The number of rotatable bonds is 5. The molecular weight excluding hydrogens is 246 g/mol. The topological polar surface area (TPSA) is 90.5 Å². The average molecular weight is 261 g/mol. The van der Waals surface area contributed by atoms with Gasteiger partial charge in [0.2, 0.25) is 0 Å². The summed E-state index contributed by atoms with van der Waals surface area (Å²) < 4.78 is 10.8. The Kier molecular flexibility index (Phi) is 4.15. The lowest BCUT2D eigenvalue weighted by Gasteiger charge is -2.11. The van der Waals surface area contributed by atoms with Crippen molar-refractivity contribution in [2.24, 2.45) is 0 Å². The first kappa shape index (κ1) is 13.1. The molecule has 3 N–H and O–H groups in total. The van der Waals surface area contributed by atoms with Gasteiger partial charge in [-0.1, -0.05) is 6.07 Å². The van der Waals surface area contributed by atoms with E-state index in [2.05, 4.69) is 9.97 Å². The number of aromatic nitrogens is 2. The summed E-state index contributed by atoms with van der Waals surface area (Å²) in [7, 11) is 1.55. The van der Waals surface area contributed by atoms with Crippen LogP contribution in [0.1, 0.15) is 11.3 Å². The summed E-state index contributed by atoms with van der Waals surface area (Å²) in [5.74, 6) is 1.52. The molecule has 1 aromatic heterocycles. The van der Waals surface area contributed by atoms with Crippen LogP contribution in [-0.4, -0.2) is 22.2 Å². The van der Waals surface area contributed by atoms with Crippen LogP contribution < -0.4 is 15.2 Å². The van der Waals surface area contributed by atoms with Gasteiger partial charge in [0.25, 0.3) is 0 Å². The number of ether oxygens (including phenoxy) is 2. The Hall–Kier alpha value is -2.34. The monoisotopic (exact) mass is 261 g/mol. The van der Waals surface area contributed by atoms with E-state index in [1.807, 2.05) is 0 Å². The second-order valence-electron chi connectivity index (χ2n) is 3.86. The molecule has 0 spiro atoms. The van der Waals surface area contributed by atoms with Gasteiger partial charge >= 0.3 is 0 Å². The van der Waals surface area contributed by atoms with Crippen molar-refractivity contribution in [3.63, 3.8) is 0 Å². The average Bonchev–Trinajstić information content (AvgIpc) is 2.46. The van der Waals surface area contributed by atoms with Crippen molar-refractivity contribution in [1.82, 2.24) is 9.97 Å². The Morgan fingerprint density at radius 2 is 2.05 bits per heavy atom. The van der Waals surface area contributed by atoms with Crippen molar-refractivity contribution in [3.05, 3.63) is 41.9 Å². The van der Waals surface area contributed by atoms with E-state index in [1.54, 1.807) is 31.5 Å². The molecule has 0 atom stereocenters. The van der Waals surface area contributed by atoms with Gasteiger partial charge in [0.15, 0.2) is 11.5 Å². The van der Waals surface area contributed by atoms with Crippen LogP contribution in [0.25, 0.3) is 0 Å². The van der Waals surface area contributed by atoms with Gasteiger partial charge in [0.05, 0.1) is 31.8 Å². The number of hydrogen-bond donors (Lipinski definition) is 2. The van der Waals surface area contributed by atoms with Crippen LogP contribution in [0.3, 0.4) is 0 Å². The standard InChI is InChI=1S/C13H15N3O3/c1-18-12-4-9(7-17)2-3-11(12)19-8-10-5-16-13(14)6-15-10/h2-6,17H,7-8H2,1H3,(H2,14,16). The molecule has 0 unspecified atom stereocenters. The number of methoxy groups -OCH3 is 1. The highest BCUT2D eigenvalue weighted by Crippen LogP contribution is 2.28. The van der Waals surface area contributed by atoms with Crippen LogP contribution in [0.5, 0.6) is 11.5 Å². The zero-order valence-corrected chi connectivity index (χ0v) is 10.5. The first-order valence-corrected chi connectivity index (χ1v) is 5.70. The molecule has 0 amide bonds. The predicted octanol–water partition coefficient (Wildman–Crippen LogP) is 1.14. The molecular formula is C13H15N3O3. The largest absolute Gasteiger partial charge is 0.493 e. The second-order valence-corrected chi connectivity index (χ2v) is 3.86. The number of anilines is 1. The molecule has 0 aliphatic rings. The van der Waals surface area contributed by atoms with Gasteiger partial charge in [-0.05, 0) is 17.7 Å². The quantitative estimate of drug-likeness (QED) is 0.838. The second kappa shape index (κ2) is 6.01. The van der Waals surface area contributed by atoms with Crippen molar-refractivity contribution in [2.75, 3.05) is 12.8 Å². The molecule has 0 bridgehead atoms. The van der Waals surface area contributed by atoms with E-state index in [0.717, 1.165) is 5.56 Å². The van der Waals surface area contributed by atoms with E-state index in [-0.39, 0.29) is 13.2 Å². The molecule has 1 heterocycles. The van der Waals surface area contributed by atoms with Crippen molar-refractivity contribution in [2.45, 2.75) is 13.2 Å². The van der Waals surface area contributed by atoms with Crippen LogP contribution in [0.4, 0.5) is 5.82 Å². The smallest absolute Gasteiger partial charge is 0.161 e. The predicted molar refractivity (Wildman–Crippen MR) is 69.7 cm³/mol. The molecule has 1 aromatic carbocycles. The SMILES string of the molecule is COc1cc(CO)ccc1OCc1cnc(N)cn1. The van der Waals surface area contributed by atoms with E-state index < -0.39 is 0 Å². The summed E-state index contributed by atoms with van der Waals surface area (Å²) in [6.45, 7) is 0.224. The van der Waals surface area contributed by atoms with Gasteiger partial charge < -0.3 is 20.3 Å². The molecule has 2 aromatic rings. The van der Waals surface area contributed by atoms with Crippen molar-refractivity contribution in [1.29, 1.82) is 0 Å². The van der Waals surface area contributed by atoms with Crippen molar-refractivity contribution >= 4 is 5.82 Å². The minimum absolute atomic E-state index is 0.0416. The van der Waals surface area contributed by atoms with Gasteiger partial charge in [0, 0.05) is 0 Å². The van der Waals surface area contributed by atoms with Crippen LogP contribution in [-0.2, 0) is 13.2 Å². The maximum atomic E-state index is 9.06. The molecule has 0 radical (unpaired) electrons. The van der Waals surface area contributed by atoms with Crippen LogP contribution in [0, 0.1) is 0 Å². The van der Waals surface area contributed by atoms with E-state index in [0.29, 0.717) is 23.0 Å². The summed E-state index contributed by atoms with van der Waals surface area (Å²) in [5, 5.41) is 9.06. The number of nitrogens with two attached hydrogens (primary N) is 1. The minimum Gasteiger partial charge on any atom is -0.493 e. The minimum atomic E-state index is -0.0416. The highest BCUT2D eigenvalue weighted by molar-refractivity contribution is 5.42. The van der Waals surface area contributed by atoms with Crippen LogP contribution >= 0.6 is 0 Å². The molecule has 0 fully saturated rings. The Bertz CT molecular complexity index is 543. The van der Waals surface area contributed by atoms with Crippen molar-refractivity contribution < 1.29 is 14.6 Å². The van der Waals surface area contributed by atoms with Crippen LogP contribution in [0.2, 0.25) is 0 Å². The van der Waals surface area contributed by atoms with Gasteiger partial charge in [-0.15, -0.1) is 0 Å².